The molecule has 1 aromatic heterocycles. The number of ether oxygens (including phenoxy) is 1. The summed E-state index contributed by atoms with van der Waals surface area (Å²) in [6.07, 6.45) is 1.55. The van der Waals surface area contributed by atoms with Crippen LogP contribution in [0, 0.1) is 0 Å². The lowest BCUT2D eigenvalue weighted by Gasteiger charge is -2.16. The van der Waals surface area contributed by atoms with Crippen molar-refractivity contribution >= 4 is 40.0 Å². The maximum absolute atomic E-state index is 12.8. The number of esters is 1. The van der Waals surface area contributed by atoms with Gasteiger partial charge >= 0.3 is 5.97 Å². The number of aromatic nitrogens is 1. The quantitative estimate of drug-likeness (QED) is 0.638. The molecule has 1 atom stereocenters. The van der Waals surface area contributed by atoms with Gasteiger partial charge in [-0.3, -0.25) is 19.2 Å². The van der Waals surface area contributed by atoms with E-state index in [1.165, 1.54) is 12.3 Å². The summed E-state index contributed by atoms with van der Waals surface area (Å²) >= 11 is 5.91. The number of nitrogens with zero attached hydrogens (tertiary/aromatic N) is 1. The first kappa shape index (κ1) is 21.6. The number of benzene rings is 1. The number of alkyl halides is 1. The summed E-state index contributed by atoms with van der Waals surface area (Å²) in [4.78, 5) is 48.2. The maximum Gasteiger partial charge on any atom is 0.308 e. The average Bonchev–Trinajstić information content (AvgIpc) is 2.67. The molecule has 1 heterocycles. The van der Waals surface area contributed by atoms with Crippen LogP contribution < -0.4 is 10.9 Å². The molecule has 28 heavy (non-hydrogen) atoms. The van der Waals surface area contributed by atoms with E-state index in [0.717, 1.165) is 4.57 Å². The minimum Gasteiger partial charge on any atom is -0.466 e. The topological polar surface area (TPSA) is 94.5 Å². The predicted octanol–water partition coefficient (Wildman–Crippen LogP) is 2.02. The number of hydrogen-bond acceptors (Lipinski definition) is 5. The fourth-order valence-electron chi connectivity index (χ4n) is 2.55. The highest BCUT2D eigenvalue weighted by atomic mass is 35.5. The highest BCUT2D eigenvalue weighted by molar-refractivity contribution is 6.31. The Kier molecular flexibility index (Phi) is 7.69. The Bertz CT molecular complexity index is 944. The highest BCUT2D eigenvalue weighted by Gasteiger charge is 2.24. The number of pyridine rings is 1. The second-order valence-electron chi connectivity index (χ2n) is 6.13. The molecule has 7 nitrogen and oxygen atoms in total. The lowest BCUT2D eigenvalue weighted by atomic mass is 10.1. The molecule has 0 spiro atoms. The van der Waals surface area contributed by atoms with Gasteiger partial charge in [-0.2, -0.15) is 0 Å². The van der Waals surface area contributed by atoms with Crippen LogP contribution in [0.25, 0.3) is 10.8 Å². The standard InChI is InChI=1S/C19H20ClFN2O5/c1-2-7-28-18(26)9-15(16(24)10-21)22-17(25)11-23-6-5-12-3-4-13(20)8-14(12)19(23)27/h3-6,8,15H,2,7,9-11H2,1H3,(H,22,25). The van der Waals surface area contributed by atoms with Crippen LogP contribution in [0.2, 0.25) is 5.02 Å². The number of halogens is 2. The summed E-state index contributed by atoms with van der Waals surface area (Å²) in [6, 6.07) is 5.11. The lowest BCUT2D eigenvalue weighted by molar-refractivity contribution is -0.146. The van der Waals surface area contributed by atoms with E-state index in [0.29, 0.717) is 22.2 Å². The van der Waals surface area contributed by atoms with E-state index >= 15 is 0 Å². The summed E-state index contributed by atoms with van der Waals surface area (Å²) in [5, 5.41) is 3.67. The number of carbonyl (C=O) groups is 3. The molecule has 150 valence electrons. The molecule has 1 aromatic carbocycles. The van der Waals surface area contributed by atoms with Gasteiger partial charge in [0.2, 0.25) is 5.91 Å². The van der Waals surface area contributed by atoms with Crippen molar-refractivity contribution in [2.75, 3.05) is 13.3 Å². The second-order valence-corrected chi connectivity index (χ2v) is 6.56. The monoisotopic (exact) mass is 410 g/mol. The van der Waals surface area contributed by atoms with Crippen molar-refractivity contribution in [2.45, 2.75) is 32.4 Å². The van der Waals surface area contributed by atoms with E-state index in [1.807, 2.05) is 0 Å². The molecule has 2 rings (SSSR count). The molecule has 1 N–H and O–H groups in total. The fraction of sp³-hybridized carbons (Fsp3) is 0.368. The minimum absolute atomic E-state index is 0.165. The highest BCUT2D eigenvalue weighted by Crippen LogP contribution is 2.15. The van der Waals surface area contributed by atoms with Gasteiger partial charge in [0, 0.05) is 16.6 Å². The van der Waals surface area contributed by atoms with Gasteiger partial charge in [0.25, 0.3) is 5.56 Å². The van der Waals surface area contributed by atoms with Gasteiger partial charge in [-0.1, -0.05) is 24.6 Å². The van der Waals surface area contributed by atoms with Crippen molar-refractivity contribution in [2.24, 2.45) is 0 Å². The number of rotatable bonds is 9. The molecule has 9 heteroatoms. The van der Waals surface area contributed by atoms with Gasteiger partial charge in [-0.25, -0.2) is 4.39 Å². The third-order valence-electron chi connectivity index (χ3n) is 3.95. The van der Waals surface area contributed by atoms with Gasteiger partial charge in [0.1, 0.15) is 19.3 Å². The van der Waals surface area contributed by atoms with E-state index in [-0.39, 0.29) is 6.61 Å². The van der Waals surface area contributed by atoms with E-state index in [2.05, 4.69) is 5.32 Å². The first-order chi connectivity index (χ1) is 13.3. The summed E-state index contributed by atoms with van der Waals surface area (Å²) in [5.41, 5.74) is -0.439. The van der Waals surface area contributed by atoms with Crippen LogP contribution in [0.3, 0.4) is 0 Å². The van der Waals surface area contributed by atoms with E-state index in [1.54, 1.807) is 25.1 Å². The van der Waals surface area contributed by atoms with Gasteiger partial charge in [-0.15, -0.1) is 0 Å². The number of amides is 1. The first-order valence-corrected chi connectivity index (χ1v) is 9.05. The van der Waals surface area contributed by atoms with Crippen LogP contribution in [0.1, 0.15) is 19.8 Å². The van der Waals surface area contributed by atoms with Gasteiger partial charge < -0.3 is 14.6 Å². The van der Waals surface area contributed by atoms with Gasteiger partial charge in [-0.05, 0) is 30.0 Å². The van der Waals surface area contributed by atoms with Crippen molar-refractivity contribution < 1.29 is 23.5 Å². The Morgan fingerprint density at radius 3 is 2.71 bits per heavy atom. The molecule has 0 aliphatic carbocycles. The van der Waals surface area contributed by atoms with E-state index < -0.39 is 48.9 Å². The Hall–Kier alpha value is -2.74. The van der Waals surface area contributed by atoms with Crippen LogP contribution in [0.5, 0.6) is 0 Å². The van der Waals surface area contributed by atoms with Crippen molar-refractivity contribution in [3.8, 4) is 0 Å². The van der Waals surface area contributed by atoms with Crippen LogP contribution in [0.15, 0.2) is 35.3 Å². The van der Waals surface area contributed by atoms with Crippen LogP contribution in [-0.2, 0) is 25.7 Å². The molecule has 0 radical (unpaired) electrons. The van der Waals surface area contributed by atoms with E-state index in [9.17, 15) is 23.6 Å². The van der Waals surface area contributed by atoms with E-state index in [4.69, 9.17) is 16.3 Å². The second kappa shape index (κ2) is 9.98. The Labute approximate surface area is 165 Å². The van der Waals surface area contributed by atoms with Crippen molar-refractivity contribution in [3.05, 3.63) is 45.8 Å². The zero-order chi connectivity index (χ0) is 20.7. The SMILES string of the molecule is CCCOC(=O)CC(NC(=O)Cn1ccc2ccc(Cl)cc2c1=O)C(=O)CF. The molecule has 1 amide bonds. The fourth-order valence-corrected chi connectivity index (χ4v) is 2.72. The van der Waals surface area contributed by atoms with Gasteiger partial charge in [0.05, 0.1) is 13.0 Å². The third kappa shape index (κ3) is 5.63. The van der Waals surface area contributed by atoms with Crippen LogP contribution in [-0.4, -0.2) is 41.6 Å². The van der Waals surface area contributed by atoms with Crippen LogP contribution >= 0.6 is 11.6 Å². The number of Topliss-reactive ketones (excluding diaryl/α,β-unsaturated/α-hetero) is 1. The van der Waals surface area contributed by atoms with Crippen molar-refractivity contribution in [1.82, 2.24) is 9.88 Å². The first-order valence-electron chi connectivity index (χ1n) is 8.68. The normalized spacial score (nSPS) is 11.8. The molecule has 1 unspecified atom stereocenters. The molecule has 0 bridgehead atoms. The van der Waals surface area contributed by atoms with Crippen LogP contribution in [0.4, 0.5) is 4.39 Å². The summed E-state index contributed by atoms with van der Waals surface area (Å²) < 4.78 is 18.8. The molecular weight excluding hydrogens is 391 g/mol. The minimum atomic E-state index is -1.35. The summed E-state index contributed by atoms with van der Waals surface area (Å²) in [7, 11) is 0. The Morgan fingerprint density at radius 1 is 1.29 bits per heavy atom. The Morgan fingerprint density at radius 2 is 2.04 bits per heavy atom. The zero-order valence-corrected chi connectivity index (χ0v) is 16.0. The molecule has 0 fully saturated rings. The number of hydrogen-bond donors (Lipinski definition) is 1. The maximum atomic E-state index is 12.8. The van der Waals surface area contributed by atoms with Crippen molar-refractivity contribution in [1.29, 1.82) is 0 Å². The summed E-state index contributed by atoms with van der Waals surface area (Å²) in [6.45, 7) is 0.230. The number of ketones is 1. The molecule has 0 aliphatic rings. The molecule has 0 saturated carbocycles. The third-order valence-corrected chi connectivity index (χ3v) is 4.18. The Balaban J connectivity index is 2.12. The molecule has 0 aliphatic heterocycles. The summed E-state index contributed by atoms with van der Waals surface area (Å²) in [5.74, 6) is -2.37. The molecular formula is C19H20ClFN2O5. The van der Waals surface area contributed by atoms with Gasteiger partial charge in [0.15, 0.2) is 5.78 Å². The lowest BCUT2D eigenvalue weighted by Crippen LogP contribution is -2.45. The predicted molar refractivity (Wildman–Crippen MR) is 102 cm³/mol. The van der Waals surface area contributed by atoms with Crippen molar-refractivity contribution in [3.63, 3.8) is 0 Å². The molecule has 2 aromatic rings. The average molecular weight is 411 g/mol. The zero-order valence-electron chi connectivity index (χ0n) is 15.2. The number of nitrogens with one attached hydrogen (secondary N) is 1. The largest absolute Gasteiger partial charge is 0.466 e. The smallest absolute Gasteiger partial charge is 0.308 e. The number of carbonyl (C=O) groups excluding carboxylic acids is 3. The number of fused-ring (bicyclic) bond motifs is 1. The molecule has 0 saturated heterocycles.